The first kappa shape index (κ1) is 20.8. The summed E-state index contributed by atoms with van der Waals surface area (Å²) in [5, 5.41) is 3.02. The van der Waals surface area contributed by atoms with E-state index < -0.39 is 0 Å². The van der Waals surface area contributed by atoms with Crippen LogP contribution < -0.4 is 5.32 Å². The van der Waals surface area contributed by atoms with Crippen LogP contribution in [0.15, 0.2) is 24.5 Å². The summed E-state index contributed by atoms with van der Waals surface area (Å²) in [7, 11) is 0. The molecule has 1 aliphatic heterocycles. The van der Waals surface area contributed by atoms with Gasteiger partial charge in [-0.2, -0.15) is 0 Å². The van der Waals surface area contributed by atoms with Crippen molar-refractivity contribution in [3.8, 4) is 0 Å². The molecule has 1 aliphatic carbocycles. The molecule has 3 rings (SSSR count). The number of nitrogens with one attached hydrogen (secondary N) is 1. The third kappa shape index (κ3) is 5.79. The average molecular weight is 386 g/mol. The molecule has 5 nitrogen and oxygen atoms in total. The lowest BCUT2D eigenvalue weighted by Gasteiger charge is -2.36. The van der Waals surface area contributed by atoms with E-state index in [1.807, 2.05) is 17.0 Å². The first-order chi connectivity index (χ1) is 13.7. The van der Waals surface area contributed by atoms with Gasteiger partial charge in [0.25, 0.3) is 0 Å². The zero-order chi connectivity index (χ0) is 19.8. The van der Waals surface area contributed by atoms with Crippen molar-refractivity contribution >= 4 is 11.8 Å². The fourth-order valence-corrected chi connectivity index (χ4v) is 4.65. The molecule has 2 amide bonds. The van der Waals surface area contributed by atoms with Gasteiger partial charge in [-0.25, -0.2) is 0 Å². The number of piperidine rings is 1. The van der Waals surface area contributed by atoms with Crippen molar-refractivity contribution in [1.82, 2.24) is 15.2 Å². The number of rotatable bonds is 7. The third-order valence-corrected chi connectivity index (χ3v) is 6.53. The van der Waals surface area contributed by atoms with Gasteiger partial charge < -0.3 is 10.2 Å². The second kappa shape index (κ2) is 10.6. The highest BCUT2D eigenvalue weighted by molar-refractivity contribution is 5.81. The Morgan fingerprint density at radius 3 is 2.50 bits per heavy atom. The number of likely N-dealkylation sites (tertiary alicyclic amines) is 1. The zero-order valence-corrected chi connectivity index (χ0v) is 17.2. The number of unbranched alkanes of at least 4 members (excludes halogenated alkanes) is 1. The van der Waals surface area contributed by atoms with Crippen LogP contribution in [0.4, 0.5) is 0 Å². The molecule has 0 atom stereocenters. The lowest BCUT2D eigenvalue weighted by Crippen LogP contribution is -2.45. The number of amides is 2. The minimum atomic E-state index is 0.0190. The standard InChI is InChI=1S/C23H35N3O2/c1-2-3-5-18-7-9-21(10-8-18)23(28)26-14-11-20(12-15-26)22(27)25-17-19-6-4-13-24-16-19/h4,6,13,16,18,20-21H,2-3,5,7-12,14-15,17H2,1H3,(H,25,27). The first-order valence-electron chi connectivity index (χ1n) is 11.1. The molecular formula is C23H35N3O2. The van der Waals surface area contributed by atoms with E-state index in [2.05, 4.69) is 17.2 Å². The molecule has 1 saturated heterocycles. The van der Waals surface area contributed by atoms with Crippen molar-refractivity contribution in [2.75, 3.05) is 13.1 Å². The normalized spacial score (nSPS) is 23.4. The van der Waals surface area contributed by atoms with Gasteiger partial charge in [-0.05, 0) is 56.1 Å². The van der Waals surface area contributed by atoms with Crippen LogP contribution in [0.2, 0.25) is 0 Å². The molecule has 1 saturated carbocycles. The number of hydrogen-bond acceptors (Lipinski definition) is 3. The third-order valence-electron chi connectivity index (χ3n) is 6.53. The molecular weight excluding hydrogens is 350 g/mol. The Hall–Kier alpha value is -1.91. The predicted octanol–water partition coefficient (Wildman–Crippen LogP) is 3.93. The van der Waals surface area contributed by atoms with Gasteiger partial charge in [-0.3, -0.25) is 14.6 Å². The summed E-state index contributed by atoms with van der Waals surface area (Å²) < 4.78 is 0. The Labute approximate surface area is 169 Å². The Bertz CT molecular complexity index is 618. The second-order valence-electron chi connectivity index (χ2n) is 8.54. The number of nitrogens with zero attached hydrogens (tertiary/aromatic N) is 2. The SMILES string of the molecule is CCCCC1CCC(C(=O)N2CCC(C(=O)NCc3cccnc3)CC2)CC1. The van der Waals surface area contributed by atoms with Gasteiger partial charge >= 0.3 is 0 Å². The summed E-state index contributed by atoms with van der Waals surface area (Å²) in [4.78, 5) is 31.4. The van der Waals surface area contributed by atoms with E-state index in [0.29, 0.717) is 12.5 Å². The number of hydrogen-bond donors (Lipinski definition) is 1. The van der Waals surface area contributed by atoms with Gasteiger partial charge in [-0.15, -0.1) is 0 Å². The summed E-state index contributed by atoms with van der Waals surface area (Å²) >= 11 is 0. The lowest BCUT2D eigenvalue weighted by molar-refractivity contribution is -0.140. The molecule has 2 fully saturated rings. The van der Waals surface area contributed by atoms with Crippen molar-refractivity contribution in [3.63, 3.8) is 0 Å². The summed E-state index contributed by atoms with van der Waals surface area (Å²) in [5.41, 5.74) is 1.01. The monoisotopic (exact) mass is 385 g/mol. The van der Waals surface area contributed by atoms with E-state index in [1.165, 1.54) is 32.1 Å². The molecule has 154 valence electrons. The molecule has 2 aliphatic rings. The summed E-state index contributed by atoms with van der Waals surface area (Å²) in [6.45, 7) is 4.21. The van der Waals surface area contributed by atoms with E-state index in [9.17, 15) is 9.59 Å². The molecule has 0 radical (unpaired) electrons. The highest BCUT2D eigenvalue weighted by atomic mass is 16.2. The molecule has 28 heavy (non-hydrogen) atoms. The van der Waals surface area contributed by atoms with Crippen molar-refractivity contribution in [2.45, 2.75) is 71.3 Å². The molecule has 1 aromatic heterocycles. The van der Waals surface area contributed by atoms with Gasteiger partial charge in [0.05, 0.1) is 0 Å². The minimum absolute atomic E-state index is 0.0190. The Morgan fingerprint density at radius 1 is 1.11 bits per heavy atom. The summed E-state index contributed by atoms with van der Waals surface area (Å²) in [5.74, 6) is 1.51. The maximum absolute atomic E-state index is 12.9. The van der Waals surface area contributed by atoms with E-state index in [4.69, 9.17) is 0 Å². The fraction of sp³-hybridized carbons (Fsp3) is 0.696. The van der Waals surface area contributed by atoms with Gasteiger partial charge in [0.2, 0.25) is 11.8 Å². The smallest absolute Gasteiger partial charge is 0.225 e. The van der Waals surface area contributed by atoms with Gasteiger partial charge in [0.15, 0.2) is 0 Å². The summed E-state index contributed by atoms with van der Waals surface area (Å²) in [6.07, 6.45) is 13.5. The second-order valence-corrected chi connectivity index (χ2v) is 8.54. The van der Waals surface area contributed by atoms with Crippen LogP contribution >= 0.6 is 0 Å². The van der Waals surface area contributed by atoms with Crippen molar-refractivity contribution in [3.05, 3.63) is 30.1 Å². The maximum Gasteiger partial charge on any atom is 0.225 e. The van der Waals surface area contributed by atoms with Crippen molar-refractivity contribution < 1.29 is 9.59 Å². The fourth-order valence-electron chi connectivity index (χ4n) is 4.65. The molecule has 0 spiro atoms. The van der Waals surface area contributed by atoms with E-state index in [1.54, 1.807) is 12.4 Å². The largest absolute Gasteiger partial charge is 0.352 e. The number of carbonyl (C=O) groups is 2. The number of aromatic nitrogens is 1. The van der Waals surface area contributed by atoms with Gasteiger partial charge in [0.1, 0.15) is 0 Å². The summed E-state index contributed by atoms with van der Waals surface area (Å²) in [6, 6.07) is 3.84. The van der Waals surface area contributed by atoms with E-state index in [0.717, 1.165) is 50.3 Å². The highest BCUT2D eigenvalue weighted by Crippen LogP contribution is 2.33. The van der Waals surface area contributed by atoms with Crippen LogP contribution in [0.5, 0.6) is 0 Å². The van der Waals surface area contributed by atoms with Crippen LogP contribution in [0.25, 0.3) is 0 Å². The average Bonchev–Trinajstić information content (AvgIpc) is 2.76. The lowest BCUT2D eigenvalue weighted by atomic mass is 9.79. The van der Waals surface area contributed by atoms with Crippen LogP contribution in [-0.4, -0.2) is 34.8 Å². The van der Waals surface area contributed by atoms with Crippen LogP contribution in [0, 0.1) is 17.8 Å². The molecule has 0 aromatic carbocycles. The highest BCUT2D eigenvalue weighted by Gasteiger charge is 2.32. The van der Waals surface area contributed by atoms with E-state index >= 15 is 0 Å². The Morgan fingerprint density at radius 2 is 1.86 bits per heavy atom. The number of pyridine rings is 1. The van der Waals surface area contributed by atoms with Crippen LogP contribution in [-0.2, 0) is 16.1 Å². The number of carbonyl (C=O) groups excluding carboxylic acids is 2. The Balaban J connectivity index is 1.37. The van der Waals surface area contributed by atoms with Crippen molar-refractivity contribution in [2.24, 2.45) is 17.8 Å². The van der Waals surface area contributed by atoms with Gasteiger partial charge in [0, 0.05) is 43.9 Å². The van der Waals surface area contributed by atoms with Crippen LogP contribution in [0.1, 0.15) is 70.3 Å². The molecule has 1 aromatic rings. The maximum atomic E-state index is 12.9. The molecule has 0 bridgehead atoms. The Kier molecular flexibility index (Phi) is 7.87. The quantitative estimate of drug-likeness (QED) is 0.773. The minimum Gasteiger partial charge on any atom is -0.352 e. The zero-order valence-electron chi connectivity index (χ0n) is 17.2. The topological polar surface area (TPSA) is 62.3 Å². The molecule has 2 heterocycles. The van der Waals surface area contributed by atoms with Gasteiger partial charge in [-0.1, -0.05) is 32.3 Å². The molecule has 5 heteroatoms. The first-order valence-corrected chi connectivity index (χ1v) is 11.1. The van der Waals surface area contributed by atoms with Crippen LogP contribution in [0.3, 0.4) is 0 Å². The molecule has 0 unspecified atom stereocenters. The predicted molar refractivity (Wildman–Crippen MR) is 110 cm³/mol. The van der Waals surface area contributed by atoms with E-state index in [-0.39, 0.29) is 17.7 Å². The molecule has 1 N–H and O–H groups in total. The van der Waals surface area contributed by atoms with Crippen molar-refractivity contribution in [1.29, 1.82) is 0 Å².